The van der Waals surface area contributed by atoms with Gasteiger partial charge >= 0.3 is 6.18 Å². The minimum absolute atomic E-state index is 0.237. The van der Waals surface area contributed by atoms with Crippen LogP contribution in [0.25, 0.3) is 0 Å². The van der Waals surface area contributed by atoms with Gasteiger partial charge in [-0.25, -0.2) is 4.98 Å². The van der Waals surface area contributed by atoms with Crippen LogP contribution in [0.1, 0.15) is 38.2 Å². The standard InChI is InChI=1S/C14H20F3N3/c1-10-4-6-13(9-18,7-5-10)20-12-3-2-11(8-19-12)14(15,16)17/h2-3,8,10H,4-7,9,18H2,1H3,(H,19,20). The van der Waals surface area contributed by atoms with Crippen LogP contribution in [0.15, 0.2) is 18.3 Å². The van der Waals surface area contributed by atoms with E-state index in [1.807, 2.05) is 0 Å². The Morgan fingerprint density at radius 3 is 2.45 bits per heavy atom. The molecule has 1 aromatic heterocycles. The number of hydrogen-bond donors (Lipinski definition) is 2. The zero-order valence-corrected chi connectivity index (χ0v) is 11.5. The average molecular weight is 287 g/mol. The molecular weight excluding hydrogens is 267 g/mol. The highest BCUT2D eigenvalue weighted by Crippen LogP contribution is 2.34. The van der Waals surface area contributed by atoms with Crippen molar-refractivity contribution in [3.8, 4) is 0 Å². The number of hydrogen-bond acceptors (Lipinski definition) is 3. The van der Waals surface area contributed by atoms with Gasteiger partial charge in [0.2, 0.25) is 0 Å². The van der Waals surface area contributed by atoms with Crippen LogP contribution in [-0.4, -0.2) is 17.1 Å². The van der Waals surface area contributed by atoms with Gasteiger partial charge in [-0.05, 0) is 43.7 Å². The number of alkyl halides is 3. The van der Waals surface area contributed by atoms with Crippen molar-refractivity contribution in [3.63, 3.8) is 0 Å². The van der Waals surface area contributed by atoms with Gasteiger partial charge in [-0.1, -0.05) is 6.92 Å². The van der Waals surface area contributed by atoms with E-state index in [2.05, 4.69) is 17.2 Å². The normalized spacial score (nSPS) is 27.4. The first-order valence-corrected chi connectivity index (χ1v) is 6.86. The fourth-order valence-corrected chi connectivity index (χ4v) is 2.60. The molecule has 2 rings (SSSR count). The molecule has 3 N–H and O–H groups in total. The highest BCUT2D eigenvalue weighted by molar-refractivity contribution is 5.39. The van der Waals surface area contributed by atoms with Crippen molar-refractivity contribution in [3.05, 3.63) is 23.9 Å². The topological polar surface area (TPSA) is 50.9 Å². The van der Waals surface area contributed by atoms with E-state index in [-0.39, 0.29) is 5.54 Å². The maximum atomic E-state index is 12.5. The van der Waals surface area contributed by atoms with E-state index in [0.29, 0.717) is 18.3 Å². The maximum Gasteiger partial charge on any atom is 0.417 e. The van der Waals surface area contributed by atoms with E-state index in [1.54, 1.807) is 0 Å². The van der Waals surface area contributed by atoms with E-state index in [4.69, 9.17) is 5.73 Å². The van der Waals surface area contributed by atoms with Crippen molar-refractivity contribution >= 4 is 5.82 Å². The molecule has 1 aliphatic rings. The van der Waals surface area contributed by atoms with Crippen LogP contribution in [0.2, 0.25) is 0 Å². The number of anilines is 1. The smallest absolute Gasteiger partial charge is 0.363 e. The molecule has 1 aliphatic carbocycles. The molecule has 0 aromatic carbocycles. The molecule has 20 heavy (non-hydrogen) atoms. The van der Waals surface area contributed by atoms with E-state index in [9.17, 15) is 13.2 Å². The van der Waals surface area contributed by atoms with Gasteiger partial charge in [0.25, 0.3) is 0 Å². The number of halogens is 3. The Morgan fingerprint density at radius 1 is 1.35 bits per heavy atom. The van der Waals surface area contributed by atoms with Gasteiger partial charge < -0.3 is 11.1 Å². The van der Waals surface area contributed by atoms with Crippen LogP contribution in [-0.2, 0) is 6.18 Å². The van der Waals surface area contributed by atoms with E-state index >= 15 is 0 Å². The summed E-state index contributed by atoms with van der Waals surface area (Å²) < 4.78 is 37.4. The SMILES string of the molecule is CC1CCC(CN)(Nc2ccc(C(F)(F)F)cn2)CC1. The zero-order chi connectivity index (χ0) is 14.8. The lowest BCUT2D eigenvalue weighted by Crippen LogP contribution is -2.48. The first kappa shape index (κ1) is 15.1. The lowest BCUT2D eigenvalue weighted by atomic mass is 9.77. The largest absolute Gasteiger partial charge is 0.417 e. The third-order valence-electron chi connectivity index (χ3n) is 4.11. The fraction of sp³-hybridized carbons (Fsp3) is 0.643. The first-order chi connectivity index (χ1) is 9.35. The molecule has 0 bridgehead atoms. The van der Waals surface area contributed by atoms with Gasteiger partial charge in [-0.15, -0.1) is 0 Å². The summed E-state index contributed by atoms with van der Waals surface area (Å²) in [6.07, 6.45) is 0.506. The highest BCUT2D eigenvalue weighted by atomic mass is 19.4. The van der Waals surface area contributed by atoms with Crippen molar-refractivity contribution in [2.24, 2.45) is 11.7 Å². The number of aromatic nitrogens is 1. The molecule has 0 spiro atoms. The Hall–Kier alpha value is -1.30. The van der Waals surface area contributed by atoms with Crippen molar-refractivity contribution < 1.29 is 13.2 Å². The van der Waals surface area contributed by atoms with Gasteiger partial charge in [0.15, 0.2) is 0 Å². The van der Waals surface area contributed by atoms with Crippen LogP contribution in [0.3, 0.4) is 0 Å². The summed E-state index contributed by atoms with van der Waals surface area (Å²) in [7, 11) is 0. The molecule has 3 nitrogen and oxygen atoms in total. The minimum atomic E-state index is -4.35. The Labute approximate surface area is 116 Å². The molecule has 112 valence electrons. The molecule has 1 saturated carbocycles. The lowest BCUT2D eigenvalue weighted by Gasteiger charge is -2.39. The summed E-state index contributed by atoms with van der Waals surface area (Å²) in [4.78, 5) is 3.86. The predicted octanol–water partition coefficient (Wildman–Crippen LogP) is 3.42. The van der Waals surface area contributed by atoms with Crippen LogP contribution in [0, 0.1) is 5.92 Å². The molecule has 1 aromatic rings. The molecular formula is C14H20F3N3. The third kappa shape index (κ3) is 3.42. The molecule has 0 unspecified atom stereocenters. The maximum absolute atomic E-state index is 12.5. The van der Waals surface area contributed by atoms with Gasteiger partial charge in [0, 0.05) is 12.7 Å². The number of nitrogens with zero attached hydrogens (tertiary/aromatic N) is 1. The molecule has 0 atom stereocenters. The highest BCUT2D eigenvalue weighted by Gasteiger charge is 2.34. The number of nitrogens with two attached hydrogens (primary N) is 1. The second-order valence-electron chi connectivity index (χ2n) is 5.72. The average Bonchev–Trinajstić information content (AvgIpc) is 2.41. The number of rotatable bonds is 3. The van der Waals surface area contributed by atoms with E-state index in [1.165, 1.54) is 6.07 Å². The Bertz CT molecular complexity index is 434. The van der Waals surface area contributed by atoms with Crippen molar-refractivity contribution in [1.29, 1.82) is 0 Å². The summed E-state index contributed by atoms with van der Waals surface area (Å²) >= 11 is 0. The second kappa shape index (κ2) is 5.60. The Kier molecular flexibility index (Phi) is 4.22. The summed E-state index contributed by atoms with van der Waals surface area (Å²) in [5, 5.41) is 3.24. The third-order valence-corrected chi connectivity index (χ3v) is 4.11. The van der Waals surface area contributed by atoms with Crippen LogP contribution in [0.4, 0.5) is 19.0 Å². The quantitative estimate of drug-likeness (QED) is 0.895. The van der Waals surface area contributed by atoms with Gasteiger partial charge in [-0.2, -0.15) is 13.2 Å². The molecule has 0 aliphatic heterocycles. The zero-order valence-electron chi connectivity index (χ0n) is 11.5. The van der Waals surface area contributed by atoms with Gasteiger partial charge in [0.05, 0.1) is 11.1 Å². The summed E-state index contributed by atoms with van der Waals surface area (Å²) in [5.41, 5.74) is 4.89. The Morgan fingerprint density at radius 2 is 2.00 bits per heavy atom. The van der Waals surface area contributed by atoms with Crippen LogP contribution < -0.4 is 11.1 Å². The van der Waals surface area contributed by atoms with Crippen molar-refractivity contribution in [2.45, 2.75) is 44.3 Å². The van der Waals surface area contributed by atoms with Crippen LogP contribution in [0.5, 0.6) is 0 Å². The molecule has 0 radical (unpaired) electrons. The minimum Gasteiger partial charge on any atom is -0.363 e. The number of pyridine rings is 1. The summed E-state index contributed by atoms with van der Waals surface area (Å²) in [6.45, 7) is 2.67. The predicted molar refractivity (Wildman–Crippen MR) is 72.3 cm³/mol. The fourth-order valence-electron chi connectivity index (χ4n) is 2.60. The van der Waals surface area contributed by atoms with E-state index in [0.717, 1.165) is 37.9 Å². The number of nitrogens with one attached hydrogen (secondary N) is 1. The first-order valence-electron chi connectivity index (χ1n) is 6.86. The van der Waals surface area contributed by atoms with Gasteiger partial charge in [0.1, 0.15) is 5.82 Å². The lowest BCUT2D eigenvalue weighted by molar-refractivity contribution is -0.137. The van der Waals surface area contributed by atoms with Gasteiger partial charge in [-0.3, -0.25) is 0 Å². The monoisotopic (exact) mass is 287 g/mol. The van der Waals surface area contributed by atoms with Crippen LogP contribution >= 0.6 is 0 Å². The Balaban J connectivity index is 2.08. The van der Waals surface area contributed by atoms with E-state index < -0.39 is 11.7 Å². The van der Waals surface area contributed by atoms with Crippen molar-refractivity contribution in [2.75, 3.05) is 11.9 Å². The molecule has 1 fully saturated rings. The molecule has 0 saturated heterocycles. The second-order valence-corrected chi connectivity index (χ2v) is 5.72. The molecule has 0 amide bonds. The van der Waals surface area contributed by atoms with Crippen molar-refractivity contribution in [1.82, 2.24) is 4.98 Å². The summed E-state index contributed by atoms with van der Waals surface area (Å²) in [6, 6.07) is 2.42. The summed E-state index contributed by atoms with van der Waals surface area (Å²) in [5.74, 6) is 1.13. The molecule has 6 heteroatoms. The molecule has 1 heterocycles.